The lowest BCUT2D eigenvalue weighted by molar-refractivity contribution is -0.134. The Bertz CT molecular complexity index is 1090. The quantitative estimate of drug-likeness (QED) is 0.523. The zero-order valence-electron chi connectivity index (χ0n) is 18.7. The fraction of sp³-hybridized carbons (Fsp3) is 0.348. The number of ether oxygens (including phenoxy) is 2. The van der Waals surface area contributed by atoms with Gasteiger partial charge in [-0.05, 0) is 30.5 Å². The second kappa shape index (κ2) is 10.0. The van der Waals surface area contributed by atoms with Crippen LogP contribution in [0.5, 0.6) is 11.5 Å². The summed E-state index contributed by atoms with van der Waals surface area (Å²) in [6.07, 6.45) is 1.53. The number of rotatable bonds is 8. The van der Waals surface area contributed by atoms with Gasteiger partial charge in [-0.25, -0.2) is 4.98 Å². The van der Waals surface area contributed by atoms with Gasteiger partial charge in [0.2, 0.25) is 17.5 Å². The molecule has 0 bridgehead atoms. The van der Waals surface area contributed by atoms with Crippen molar-refractivity contribution in [1.29, 1.82) is 0 Å². The number of amides is 1. The Hall–Kier alpha value is -3.75. The van der Waals surface area contributed by atoms with E-state index in [1.165, 1.54) is 24.9 Å². The standard InChI is InChI=1S/C23H26N4O5/c1-6-18(28)31-20-17(30-5)11-12-24-19(20)21(29)25-14(4)22-26-27-23(32-22)16-9-7-15(8-10-16)13(2)3/h7-14H,6H2,1-5H3,(H,25,29)/t14-/m0/s1. The number of benzene rings is 1. The number of esters is 1. The van der Waals surface area contributed by atoms with Crippen LogP contribution in [0.2, 0.25) is 0 Å². The monoisotopic (exact) mass is 438 g/mol. The van der Waals surface area contributed by atoms with Gasteiger partial charge in [-0.2, -0.15) is 0 Å². The van der Waals surface area contributed by atoms with Crippen molar-refractivity contribution in [3.05, 3.63) is 53.7 Å². The second-order valence-corrected chi connectivity index (χ2v) is 7.44. The molecule has 9 heteroatoms. The lowest BCUT2D eigenvalue weighted by Gasteiger charge is -2.14. The molecular weight excluding hydrogens is 412 g/mol. The summed E-state index contributed by atoms with van der Waals surface area (Å²) in [5, 5.41) is 10.9. The Morgan fingerprint density at radius 1 is 1.09 bits per heavy atom. The molecule has 0 radical (unpaired) electrons. The van der Waals surface area contributed by atoms with E-state index in [1.807, 2.05) is 24.3 Å². The van der Waals surface area contributed by atoms with E-state index in [0.717, 1.165) is 5.56 Å². The second-order valence-electron chi connectivity index (χ2n) is 7.44. The molecule has 2 heterocycles. The van der Waals surface area contributed by atoms with Crippen molar-refractivity contribution in [2.75, 3.05) is 7.11 Å². The van der Waals surface area contributed by atoms with Gasteiger partial charge < -0.3 is 19.2 Å². The van der Waals surface area contributed by atoms with Gasteiger partial charge >= 0.3 is 5.97 Å². The third kappa shape index (κ3) is 5.11. The lowest BCUT2D eigenvalue weighted by atomic mass is 10.0. The molecular formula is C23H26N4O5. The van der Waals surface area contributed by atoms with Crippen LogP contribution < -0.4 is 14.8 Å². The summed E-state index contributed by atoms with van der Waals surface area (Å²) < 4.78 is 16.2. The van der Waals surface area contributed by atoms with E-state index < -0.39 is 17.9 Å². The highest BCUT2D eigenvalue weighted by Gasteiger charge is 2.24. The number of carbonyl (C=O) groups is 2. The van der Waals surface area contributed by atoms with Gasteiger partial charge in [0, 0.05) is 24.2 Å². The maximum absolute atomic E-state index is 12.9. The molecule has 2 aromatic heterocycles. The highest BCUT2D eigenvalue weighted by molar-refractivity contribution is 5.96. The van der Waals surface area contributed by atoms with Gasteiger partial charge in [0.25, 0.3) is 5.91 Å². The summed E-state index contributed by atoms with van der Waals surface area (Å²) in [5.74, 6) is 0.112. The first-order chi connectivity index (χ1) is 15.3. The largest absolute Gasteiger partial charge is 0.493 e. The first kappa shape index (κ1) is 22.9. The molecule has 1 aromatic carbocycles. The summed E-state index contributed by atoms with van der Waals surface area (Å²) in [4.78, 5) is 28.7. The number of hydrogen-bond donors (Lipinski definition) is 1. The van der Waals surface area contributed by atoms with Crippen molar-refractivity contribution in [1.82, 2.24) is 20.5 Å². The van der Waals surface area contributed by atoms with Gasteiger partial charge in [0.1, 0.15) is 6.04 Å². The molecule has 0 aliphatic carbocycles. The van der Waals surface area contributed by atoms with E-state index in [4.69, 9.17) is 13.9 Å². The summed E-state index contributed by atoms with van der Waals surface area (Å²) in [6, 6.07) is 8.77. The molecule has 3 rings (SSSR count). The molecule has 0 saturated carbocycles. The van der Waals surface area contributed by atoms with Crippen LogP contribution in [0.4, 0.5) is 0 Å². The van der Waals surface area contributed by atoms with Crippen LogP contribution in [0.3, 0.4) is 0 Å². The highest BCUT2D eigenvalue weighted by atomic mass is 16.6. The molecule has 1 N–H and O–H groups in total. The SMILES string of the molecule is CCC(=O)Oc1c(OC)ccnc1C(=O)N[C@@H](C)c1nnc(-c2ccc(C(C)C)cc2)o1. The fourth-order valence-corrected chi connectivity index (χ4v) is 2.90. The zero-order chi connectivity index (χ0) is 23.3. The number of methoxy groups -OCH3 is 1. The van der Waals surface area contributed by atoms with Crippen molar-refractivity contribution in [2.24, 2.45) is 0 Å². The van der Waals surface area contributed by atoms with Crippen LogP contribution in [0, 0.1) is 0 Å². The Morgan fingerprint density at radius 3 is 2.44 bits per heavy atom. The van der Waals surface area contributed by atoms with E-state index in [1.54, 1.807) is 13.8 Å². The molecule has 1 amide bonds. The van der Waals surface area contributed by atoms with Crippen molar-refractivity contribution < 1.29 is 23.5 Å². The van der Waals surface area contributed by atoms with E-state index in [2.05, 4.69) is 34.3 Å². The third-order valence-corrected chi connectivity index (χ3v) is 4.79. The van der Waals surface area contributed by atoms with Crippen LogP contribution in [-0.4, -0.2) is 34.2 Å². The summed E-state index contributed by atoms with van der Waals surface area (Å²) in [7, 11) is 1.41. The van der Waals surface area contributed by atoms with Crippen molar-refractivity contribution in [2.45, 2.75) is 46.1 Å². The molecule has 168 valence electrons. The van der Waals surface area contributed by atoms with Crippen LogP contribution in [0.1, 0.15) is 68.0 Å². The molecule has 0 fully saturated rings. The predicted molar refractivity (Wildman–Crippen MR) is 116 cm³/mol. The number of nitrogens with zero attached hydrogens (tertiary/aromatic N) is 3. The average Bonchev–Trinajstić information content (AvgIpc) is 3.29. The Morgan fingerprint density at radius 2 is 1.81 bits per heavy atom. The van der Waals surface area contributed by atoms with Crippen LogP contribution in [0.15, 0.2) is 40.9 Å². The molecule has 1 atom stereocenters. The molecule has 0 aliphatic rings. The Kier molecular flexibility index (Phi) is 7.19. The van der Waals surface area contributed by atoms with E-state index >= 15 is 0 Å². The Labute approximate surface area is 186 Å². The van der Waals surface area contributed by atoms with Gasteiger partial charge in [-0.3, -0.25) is 9.59 Å². The number of aromatic nitrogens is 3. The molecule has 0 saturated heterocycles. The van der Waals surface area contributed by atoms with E-state index in [-0.39, 0.29) is 29.5 Å². The van der Waals surface area contributed by atoms with Crippen LogP contribution >= 0.6 is 0 Å². The average molecular weight is 438 g/mol. The van der Waals surface area contributed by atoms with Crippen LogP contribution in [0.25, 0.3) is 11.5 Å². The highest BCUT2D eigenvalue weighted by Crippen LogP contribution is 2.30. The summed E-state index contributed by atoms with van der Waals surface area (Å²) >= 11 is 0. The maximum atomic E-state index is 12.9. The molecule has 0 aliphatic heterocycles. The predicted octanol–water partition coefficient (Wildman–Crippen LogP) is 4.07. The van der Waals surface area contributed by atoms with Crippen molar-refractivity contribution in [3.8, 4) is 23.0 Å². The van der Waals surface area contributed by atoms with E-state index in [9.17, 15) is 9.59 Å². The number of pyridine rings is 1. The normalized spacial score (nSPS) is 11.8. The summed E-state index contributed by atoms with van der Waals surface area (Å²) in [5.41, 5.74) is 1.91. The van der Waals surface area contributed by atoms with Crippen molar-refractivity contribution in [3.63, 3.8) is 0 Å². The van der Waals surface area contributed by atoms with E-state index in [0.29, 0.717) is 11.8 Å². The number of nitrogens with one attached hydrogen (secondary N) is 1. The zero-order valence-corrected chi connectivity index (χ0v) is 18.7. The third-order valence-electron chi connectivity index (χ3n) is 4.79. The summed E-state index contributed by atoms with van der Waals surface area (Å²) in [6.45, 7) is 7.59. The smallest absolute Gasteiger partial charge is 0.311 e. The fourth-order valence-electron chi connectivity index (χ4n) is 2.90. The van der Waals surface area contributed by atoms with Gasteiger partial charge in [-0.15, -0.1) is 10.2 Å². The van der Waals surface area contributed by atoms with Gasteiger partial charge in [0.15, 0.2) is 11.4 Å². The maximum Gasteiger partial charge on any atom is 0.311 e. The first-order valence-electron chi connectivity index (χ1n) is 10.3. The molecule has 3 aromatic rings. The number of carbonyl (C=O) groups excluding carboxylic acids is 2. The molecule has 0 unspecified atom stereocenters. The minimum atomic E-state index is -0.610. The van der Waals surface area contributed by atoms with Gasteiger partial charge in [0.05, 0.1) is 7.11 Å². The molecule has 32 heavy (non-hydrogen) atoms. The molecule has 0 spiro atoms. The van der Waals surface area contributed by atoms with Gasteiger partial charge in [-0.1, -0.05) is 32.9 Å². The lowest BCUT2D eigenvalue weighted by Crippen LogP contribution is -2.28. The van der Waals surface area contributed by atoms with Crippen LogP contribution in [-0.2, 0) is 4.79 Å². The minimum absolute atomic E-state index is 0.0389. The van der Waals surface area contributed by atoms with Crippen molar-refractivity contribution >= 4 is 11.9 Å². The minimum Gasteiger partial charge on any atom is -0.493 e. The first-order valence-corrected chi connectivity index (χ1v) is 10.3. The number of hydrogen-bond acceptors (Lipinski definition) is 8. The Balaban J connectivity index is 1.77. The molecule has 9 nitrogen and oxygen atoms in total. The topological polar surface area (TPSA) is 116 Å².